The van der Waals surface area contributed by atoms with E-state index in [1.807, 2.05) is 30.3 Å². The molecule has 0 bridgehead atoms. The van der Waals surface area contributed by atoms with Crippen molar-refractivity contribution in [3.63, 3.8) is 0 Å². The third-order valence-electron chi connectivity index (χ3n) is 5.08. The van der Waals surface area contributed by atoms with Gasteiger partial charge in [-0.25, -0.2) is 0 Å². The van der Waals surface area contributed by atoms with E-state index in [0.717, 1.165) is 37.7 Å². The van der Waals surface area contributed by atoms with Gasteiger partial charge < -0.3 is 14.6 Å². The van der Waals surface area contributed by atoms with Gasteiger partial charge in [0.2, 0.25) is 0 Å². The van der Waals surface area contributed by atoms with Gasteiger partial charge in [0.05, 0.1) is 19.6 Å². The second-order valence-electron chi connectivity index (χ2n) is 7.58. The molecule has 0 aliphatic heterocycles. The van der Waals surface area contributed by atoms with Crippen molar-refractivity contribution in [2.24, 2.45) is 5.92 Å². The summed E-state index contributed by atoms with van der Waals surface area (Å²) in [6.07, 6.45) is 9.66. The predicted molar refractivity (Wildman–Crippen MR) is 114 cm³/mol. The first-order chi connectivity index (χ1) is 13.6. The lowest BCUT2D eigenvalue weighted by Gasteiger charge is -2.40. The first-order valence-electron chi connectivity index (χ1n) is 11.2. The maximum atomic E-state index is 11.7. The molecule has 0 spiro atoms. The van der Waals surface area contributed by atoms with E-state index in [1.165, 1.54) is 25.7 Å². The molecule has 0 saturated heterocycles. The van der Waals surface area contributed by atoms with Crippen molar-refractivity contribution in [1.29, 1.82) is 0 Å². The van der Waals surface area contributed by atoms with Crippen LogP contribution < -0.4 is 0 Å². The first-order valence-corrected chi connectivity index (χ1v) is 11.2. The van der Waals surface area contributed by atoms with Crippen LogP contribution in [-0.2, 0) is 20.1 Å². The highest BCUT2D eigenvalue weighted by Gasteiger charge is 2.43. The smallest absolute Gasteiger partial charge is 0.303 e. The van der Waals surface area contributed by atoms with Crippen LogP contribution in [0, 0.1) is 5.92 Å². The quantitative estimate of drug-likeness (QED) is 0.242. The second-order valence-corrected chi connectivity index (χ2v) is 7.58. The van der Waals surface area contributed by atoms with E-state index in [9.17, 15) is 9.90 Å². The Balaban J connectivity index is 3.07. The van der Waals surface area contributed by atoms with Crippen LogP contribution in [0.4, 0.5) is 0 Å². The first kappa shape index (κ1) is 24.6. The van der Waals surface area contributed by atoms with Gasteiger partial charge in [-0.1, -0.05) is 89.6 Å². The van der Waals surface area contributed by atoms with E-state index < -0.39 is 11.8 Å². The molecule has 0 radical (unpaired) electrons. The fourth-order valence-electron chi connectivity index (χ4n) is 3.67. The Morgan fingerprint density at radius 2 is 1.46 bits per heavy atom. The average molecular weight is 393 g/mol. The number of unbranched alkanes of at least 4 members (excludes halogenated alkanes) is 5. The summed E-state index contributed by atoms with van der Waals surface area (Å²) in [5.41, 5.74) is 0.925. The molecule has 1 aromatic carbocycles. The monoisotopic (exact) mass is 392 g/mol. The molecule has 4 heteroatoms. The summed E-state index contributed by atoms with van der Waals surface area (Å²) in [7, 11) is 0. The molecule has 4 nitrogen and oxygen atoms in total. The molecule has 0 aliphatic rings. The molecule has 28 heavy (non-hydrogen) atoms. The van der Waals surface area contributed by atoms with Crippen molar-refractivity contribution in [2.45, 2.75) is 90.8 Å². The molecule has 1 rings (SSSR count). The summed E-state index contributed by atoms with van der Waals surface area (Å²) < 4.78 is 12.7. The molecule has 1 unspecified atom stereocenters. The van der Waals surface area contributed by atoms with Crippen LogP contribution in [0.5, 0.6) is 0 Å². The average Bonchev–Trinajstić information content (AvgIpc) is 2.70. The Morgan fingerprint density at radius 1 is 0.893 bits per heavy atom. The number of hydrogen-bond acceptors (Lipinski definition) is 3. The molecule has 1 N–H and O–H groups in total. The second kappa shape index (κ2) is 14.6. The number of carboxylic acid groups (broad SMARTS) is 1. The Labute approximate surface area is 171 Å². The van der Waals surface area contributed by atoms with Crippen molar-refractivity contribution < 1.29 is 19.4 Å². The number of carboxylic acids is 1. The van der Waals surface area contributed by atoms with Gasteiger partial charge in [-0.05, 0) is 19.3 Å². The van der Waals surface area contributed by atoms with Gasteiger partial charge in [-0.2, -0.15) is 0 Å². The third-order valence-corrected chi connectivity index (χ3v) is 5.08. The number of carbonyl (C=O) groups is 1. The molecule has 1 aromatic rings. The lowest BCUT2D eigenvalue weighted by Crippen LogP contribution is -2.42. The fourth-order valence-corrected chi connectivity index (χ4v) is 3.67. The molecular weight excluding hydrogens is 352 g/mol. The third kappa shape index (κ3) is 8.32. The number of benzene rings is 1. The highest BCUT2D eigenvalue weighted by atomic mass is 16.7. The molecule has 0 fully saturated rings. The summed E-state index contributed by atoms with van der Waals surface area (Å²) in [6, 6.07) is 9.91. The van der Waals surface area contributed by atoms with Crippen LogP contribution >= 0.6 is 0 Å². The van der Waals surface area contributed by atoms with Crippen molar-refractivity contribution in [1.82, 2.24) is 0 Å². The largest absolute Gasteiger partial charge is 0.481 e. The Hall–Kier alpha value is -1.39. The van der Waals surface area contributed by atoms with E-state index in [-0.39, 0.29) is 12.3 Å². The van der Waals surface area contributed by atoms with Gasteiger partial charge in [-0.3, -0.25) is 4.79 Å². The van der Waals surface area contributed by atoms with Crippen LogP contribution in [0.15, 0.2) is 30.3 Å². The predicted octanol–water partition coefficient (Wildman–Crippen LogP) is 6.53. The SMILES string of the molecule is CCCCCCCCC(CC(=O)O)C(OCCC)(OCCC)c1ccccc1. The minimum absolute atomic E-state index is 0.0529. The number of ether oxygens (including phenoxy) is 2. The summed E-state index contributed by atoms with van der Waals surface area (Å²) in [6.45, 7) is 7.44. The summed E-state index contributed by atoms with van der Waals surface area (Å²) in [5.74, 6) is -2.00. The van der Waals surface area contributed by atoms with Gasteiger partial charge >= 0.3 is 5.97 Å². The number of aliphatic carboxylic acids is 1. The van der Waals surface area contributed by atoms with Crippen LogP contribution in [-0.4, -0.2) is 24.3 Å². The minimum atomic E-state index is -0.991. The van der Waals surface area contributed by atoms with Gasteiger partial charge in [0.25, 0.3) is 0 Å². The van der Waals surface area contributed by atoms with Gasteiger partial charge in [0.1, 0.15) is 0 Å². The van der Waals surface area contributed by atoms with Crippen molar-refractivity contribution in [3.8, 4) is 0 Å². The van der Waals surface area contributed by atoms with Crippen LogP contribution in [0.3, 0.4) is 0 Å². The van der Waals surface area contributed by atoms with Crippen LogP contribution in [0.25, 0.3) is 0 Å². The van der Waals surface area contributed by atoms with Crippen LogP contribution in [0.1, 0.15) is 90.5 Å². The zero-order valence-corrected chi connectivity index (χ0v) is 18.1. The molecule has 0 aliphatic carbocycles. The van der Waals surface area contributed by atoms with Gasteiger partial charge in [0.15, 0.2) is 5.79 Å². The number of hydrogen-bond donors (Lipinski definition) is 1. The standard InChI is InChI=1S/C24H40O4/c1-4-7-8-9-10-12-17-22(20-23(25)26)24(27-18-5-2,28-19-6-3)21-15-13-11-14-16-21/h11,13-16,22H,4-10,12,17-20H2,1-3H3,(H,25,26). The Kier molecular flexibility index (Phi) is 12.8. The van der Waals surface area contributed by atoms with Gasteiger partial charge in [-0.15, -0.1) is 0 Å². The van der Waals surface area contributed by atoms with E-state index in [1.54, 1.807) is 0 Å². The highest BCUT2D eigenvalue weighted by Crippen LogP contribution is 2.40. The zero-order valence-electron chi connectivity index (χ0n) is 18.1. The molecular formula is C24H40O4. The van der Waals surface area contributed by atoms with Crippen molar-refractivity contribution in [3.05, 3.63) is 35.9 Å². The maximum absolute atomic E-state index is 11.7. The van der Waals surface area contributed by atoms with E-state index in [4.69, 9.17) is 9.47 Å². The Bertz CT molecular complexity index is 507. The Morgan fingerprint density at radius 3 is 2.00 bits per heavy atom. The summed E-state index contributed by atoms with van der Waals surface area (Å²) >= 11 is 0. The molecule has 0 amide bonds. The molecule has 160 valence electrons. The molecule has 0 heterocycles. The summed E-state index contributed by atoms with van der Waals surface area (Å²) in [4.78, 5) is 11.7. The van der Waals surface area contributed by atoms with Crippen molar-refractivity contribution >= 4 is 5.97 Å². The lowest BCUT2D eigenvalue weighted by molar-refractivity contribution is -0.280. The minimum Gasteiger partial charge on any atom is -0.481 e. The van der Waals surface area contributed by atoms with Gasteiger partial charge in [0, 0.05) is 11.5 Å². The normalized spacial score (nSPS) is 12.8. The van der Waals surface area contributed by atoms with Crippen molar-refractivity contribution in [2.75, 3.05) is 13.2 Å². The zero-order chi connectivity index (χ0) is 20.7. The highest BCUT2D eigenvalue weighted by molar-refractivity contribution is 5.67. The molecule has 0 saturated carbocycles. The molecule has 0 aromatic heterocycles. The maximum Gasteiger partial charge on any atom is 0.303 e. The number of rotatable bonds is 17. The van der Waals surface area contributed by atoms with Crippen LogP contribution in [0.2, 0.25) is 0 Å². The summed E-state index contributed by atoms with van der Waals surface area (Å²) in [5, 5.41) is 9.61. The topological polar surface area (TPSA) is 55.8 Å². The fraction of sp³-hybridized carbons (Fsp3) is 0.708. The molecule has 1 atom stereocenters. The lowest BCUT2D eigenvalue weighted by atomic mass is 9.84. The van der Waals surface area contributed by atoms with E-state index in [2.05, 4.69) is 20.8 Å². The van der Waals surface area contributed by atoms with E-state index in [0.29, 0.717) is 13.2 Å². The van der Waals surface area contributed by atoms with E-state index >= 15 is 0 Å².